The summed E-state index contributed by atoms with van der Waals surface area (Å²) >= 11 is 0. The molecule has 0 amide bonds. The molecule has 0 aliphatic heterocycles. The molecule has 0 saturated carbocycles. The summed E-state index contributed by atoms with van der Waals surface area (Å²) in [5.74, 6) is 1.15. The number of hydrogen-bond donors (Lipinski definition) is 2. The average Bonchev–Trinajstić information content (AvgIpc) is 2.22. The zero-order valence-electron chi connectivity index (χ0n) is 9.58. The molecule has 0 heterocycles. The largest absolute Gasteiger partial charge is 0.504 e. The minimum atomic E-state index is 0.223. The first-order valence-electron chi connectivity index (χ1n) is 5.17. The highest BCUT2D eigenvalue weighted by molar-refractivity contribution is 5.48. The predicted octanol–water partition coefficient (Wildman–Crippen LogP) is 2.16. The highest BCUT2D eigenvalue weighted by Crippen LogP contribution is 2.33. The molecule has 15 heavy (non-hydrogen) atoms. The Morgan fingerprint density at radius 3 is 2.67 bits per heavy atom. The molecule has 3 heteroatoms. The van der Waals surface area contributed by atoms with Crippen LogP contribution in [0.3, 0.4) is 0 Å². The van der Waals surface area contributed by atoms with Gasteiger partial charge in [-0.1, -0.05) is 13.0 Å². The maximum atomic E-state index is 9.68. The van der Waals surface area contributed by atoms with Gasteiger partial charge in [-0.25, -0.2) is 0 Å². The van der Waals surface area contributed by atoms with Gasteiger partial charge in [-0.15, -0.1) is 0 Å². The Morgan fingerprint density at radius 1 is 1.47 bits per heavy atom. The number of aryl methyl sites for hydroxylation is 1. The summed E-state index contributed by atoms with van der Waals surface area (Å²) in [6, 6.07) is 3.86. The predicted molar refractivity (Wildman–Crippen MR) is 61.5 cm³/mol. The maximum absolute atomic E-state index is 9.68. The van der Waals surface area contributed by atoms with Crippen LogP contribution in [-0.4, -0.2) is 18.8 Å². The SMILES string of the molecule is COc1cc(C(C)CCN)cc(C)c1O. The molecule has 0 fully saturated rings. The fourth-order valence-corrected chi connectivity index (χ4v) is 1.63. The van der Waals surface area contributed by atoms with Gasteiger partial charge in [-0.05, 0) is 43.0 Å². The number of benzene rings is 1. The van der Waals surface area contributed by atoms with Crippen LogP contribution in [0.2, 0.25) is 0 Å². The second-order valence-electron chi connectivity index (χ2n) is 3.87. The molecule has 0 saturated heterocycles. The van der Waals surface area contributed by atoms with Gasteiger partial charge >= 0.3 is 0 Å². The van der Waals surface area contributed by atoms with E-state index in [1.807, 2.05) is 19.1 Å². The summed E-state index contributed by atoms with van der Waals surface area (Å²) in [5, 5.41) is 9.68. The molecule has 3 nitrogen and oxygen atoms in total. The van der Waals surface area contributed by atoms with Gasteiger partial charge in [0.05, 0.1) is 7.11 Å². The monoisotopic (exact) mass is 209 g/mol. The van der Waals surface area contributed by atoms with E-state index in [-0.39, 0.29) is 5.75 Å². The van der Waals surface area contributed by atoms with Crippen molar-refractivity contribution in [3.8, 4) is 11.5 Å². The quantitative estimate of drug-likeness (QED) is 0.799. The van der Waals surface area contributed by atoms with Crippen LogP contribution < -0.4 is 10.5 Å². The topological polar surface area (TPSA) is 55.5 Å². The second kappa shape index (κ2) is 5.03. The lowest BCUT2D eigenvalue weighted by Crippen LogP contribution is -2.05. The van der Waals surface area contributed by atoms with Crippen molar-refractivity contribution in [2.45, 2.75) is 26.2 Å². The maximum Gasteiger partial charge on any atom is 0.161 e. The lowest BCUT2D eigenvalue weighted by Gasteiger charge is -2.14. The molecular formula is C12H19NO2. The molecule has 0 aliphatic rings. The van der Waals surface area contributed by atoms with Gasteiger partial charge in [0, 0.05) is 0 Å². The van der Waals surface area contributed by atoms with Crippen LogP contribution in [0, 0.1) is 6.92 Å². The standard InChI is InChI=1S/C12H19NO2/c1-8(4-5-13)10-6-9(2)12(14)11(7-10)15-3/h6-8,14H,4-5,13H2,1-3H3. The molecule has 0 aromatic heterocycles. The van der Waals surface area contributed by atoms with E-state index < -0.39 is 0 Å². The van der Waals surface area contributed by atoms with Gasteiger partial charge < -0.3 is 15.6 Å². The molecule has 1 rings (SSSR count). The summed E-state index contributed by atoms with van der Waals surface area (Å²) in [7, 11) is 1.56. The van der Waals surface area contributed by atoms with Crippen molar-refractivity contribution in [1.82, 2.24) is 0 Å². The lowest BCUT2D eigenvalue weighted by molar-refractivity contribution is 0.370. The third kappa shape index (κ3) is 2.63. The molecule has 0 aliphatic carbocycles. The Balaban J connectivity index is 3.05. The van der Waals surface area contributed by atoms with E-state index in [9.17, 15) is 5.11 Å². The van der Waals surface area contributed by atoms with Crippen LogP contribution in [0.1, 0.15) is 30.4 Å². The number of hydrogen-bond acceptors (Lipinski definition) is 3. The van der Waals surface area contributed by atoms with Crippen LogP contribution in [0.5, 0.6) is 11.5 Å². The number of ether oxygens (including phenoxy) is 1. The van der Waals surface area contributed by atoms with E-state index in [1.165, 1.54) is 0 Å². The van der Waals surface area contributed by atoms with E-state index in [1.54, 1.807) is 7.11 Å². The third-order valence-corrected chi connectivity index (χ3v) is 2.68. The van der Waals surface area contributed by atoms with Gasteiger partial charge in [0.25, 0.3) is 0 Å². The van der Waals surface area contributed by atoms with Crippen LogP contribution in [0.25, 0.3) is 0 Å². The molecule has 84 valence electrons. The lowest BCUT2D eigenvalue weighted by atomic mass is 9.95. The first kappa shape index (κ1) is 11.9. The van der Waals surface area contributed by atoms with E-state index in [2.05, 4.69) is 6.92 Å². The Kier molecular flexibility index (Phi) is 3.97. The molecule has 0 spiro atoms. The Hall–Kier alpha value is -1.22. The van der Waals surface area contributed by atoms with Crippen LogP contribution in [0.4, 0.5) is 0 Å². The van der Waals surface area contributed by atoms with Gasteiger partial charge in [0.1, 0.15) is 0 Å². The van der Waals surface area contributed by atoms with E-state index in [0.29, 0.717) is 18.2 Å². The summed E-state index contributed by atoms with van der Waals surface area (Å²) in [4.78, 5) is 0. The molecule has 1 atom stereocenters. The van der Waals surface area contributed by atoms with Gasteiger partial charge in [0.2, 0.25) is 0 Å². The molecule has 3 N–H and O–H groups in total. The van der Waals surface area contributed by atoms with Crippen LogP contribution in [-0.2, 0) is 0 Å². The highest BCUT2D eigenvalue weighted by Gasteiger charge is 2.11. The fourth-order valence-electron chi connectivity index (χ4n) is 1.63. The second-order valence-corrected chi connectivity index (χ2v) is 3.87. The van der Waals surface area contributed by atoms with Crippen molar-refractivity contribution in [2.75, 3.05) is 13.7 Å². The Morgan fingerprint density at radius 2 is 2.13 bits per heavy atom. The summed E-state index contributed by atoms with van der Waals surface area (Å²) < 4.78 is 5.11. The Bertz CT molecular complexity index is 337. The van der Waals surface area contributed by atoms with E-state index in [0.717, 1.165) is 17.5 Å². The average molecular weight is 209 g/mol. The van der Waals surface area contributed by atoms with Gasteiger partial charge in [0.15, 0.2) is 11.5 Å². The number of methoxy groups -OCH3 is 1. The normalized spacial score (nSPS) is 12.5. The van der Waals surface area contributed by atoms with Crippen molar-refractivity contribution in [3.63, 3.8) is 0 Å². The molecular weight excluding hydrogens is 190 g/mol. The number of nitrogens with two attached hydrogens (primary N) is 1. The summed E-state index contributed by atoms with van der Waals surface area (Å²) in [5.41, 5.74) is 7.53. The van der Waals surface area contributed by atoms with Crippen molar-refractivity contribution in [3.05, 3.63) is 23.3 Å². The van der Waals surface area contributed by atoms with E-state index >= 15 is 0 Å². The molecule has 0 bridgehead atoms. The zero-order valence-corrected chi connectivity index (χ0v) is 9.58. The van der Waals surface area contributed by atoms with Crippen molar-refractivity contribution >= 4 is 0 Å². The fraction of sp³-hybridized carbons (Fsp3) is 0.500. The smallest absolute Gasteiger partial charge is 0.161 e. The van der Waals surface area contributed by atoms with Crippen LogP contribution >= 0.6 is 0 Å². The Labute approximate surface area is 90.9 Å². The minimum absolute atomic E-state index is 0.223. The number of phenolic OH excluding ortho intramolecular Hbond substituents is 1. The first-order valence-corrected chi connectivity index (χ1v) is 5.17. The molecule has 1 aromatic rings. The van der Waals surface area contributed by atoms with Crippen molar-refractivity contribution in [2.24, 2.45) is 5.73 Å². The van der Waals surface area contributed by atoms with Gasteiger partial charge in [-0.3, -0.25) is 0 Å². The van der Waals surface area contributed by atoms with E-state index in [4.69, 9.17) is 10.5 Å². The van der Waals surface area contributed by atoms with Crippen molar-refractivity contribution in [1.29, 1.82) is 0 Å². The molecule has 1 aromatic carbocycles. The zero-order chi connectivity index (χ0) is 11.4. The number of aromatic hydroxyl groups is 1. The molecule has 0 radical (unpaired) electrons. The summed E-state index contributed by atoms with van der Waals surface area (Å²) in [6.07, 6.45) is 0.938. The molecule has 1 unspecified atom stereocenters. The number of phenols is 1. The number of rotatable bonds is 4. The minimum Gasteiger partial charge on any atom is -0.504 e. The first-order chi connectivity index (χ1) is 7.10. The highest BCUT2D eigenvalue weighted by atomic mass is 16.5. The van der Waals surface area contributed by atoms with Crippen LogP contribution in [0.15, 0.2) is 12.1 Å². The third-order valence-electron chi connectivity index (χ3n) is 2.68. The van der Waals surface area contributed by atoms with Gasteiger partial charge in [-0.2, -0.15) is 0 Å². The summed E-state index contributed by atoms with van der Waals surface area (Å²) in [6.45, 7) is 4.66. The van der Waals surface area contributed by atoms with Crippen molar-refractivity contribution < 1.29 is 9.84 Å².